The number of hydrogen-bond donors (Lipinski definition) is 1. The third-order valence-electron chi connectivity index (χ3n) is 3.83. The second-order valence-corrected chi connectivity index (χ2v) is 7.73. The van der Waals surface area contributed by atoms with Crippen molar-refractivity contribution in [1.29, 1.82) is 0 Å². The number of amides is 1. The third kappa shape index (κ3) is 2.80. The summed E-state index contributed by atoms with van der Waals surface area (Å²) in [5.41, 5.74) is -0.0897. The fourth-order valence-corrected chi connectivity index (χ4v) is 4.38. The van der Waals surface area contributed by atoms with Gasteiger partial charge in [-0.05, 0) is 19.3 Å². The van der Waals surface area contributed by atoms with Crippen LogP contribution in [0.15, 0.2) is 16.7 Å². The standard InChI is InChI=1S/C13H15NO6S/c15-12(11-5-8(6-20-11)13(16)17)14(9-1-2-9)10-3-4-21(18,19)7-10/h5-6,9-10H,1-4,7H2,(H,16,17)/t10-/m0/s1. The summed E-state index contributed by atoms with van der Waals surface area (Å²) in [6.45, 7) is 0. The Kier molecular flexibility index (Phi) is 3.27. The van der Waals surface area contributed by atoms with Crippen LogP contribution in [0.2, 0.25) is 0 Å². The molecule has 2 aliphatic rings. The normalized spacial score (nSPS) is 23.9. The molecule has 2 fully saturated rings. The molecule has 0 spiro atoms. The first kappa shape index (κ1) is 14.1. The Bertz CT molecular complexity index is 687. The van der Waals surface area contributed by atoms with Gasteiger partial charge in [-0.25, -0.2) is 13.2 Å². The molecule has 7 nitrogen and oxygen atoms in total. The fraction of sp³-hybridized carbons (Fsp3) is 0.538. The van der Waals surface area contributed by atoms with Gasteiger partial charge in [-0.1, -0.05) is 0 Å². The molecule has 3 rings (SSSR count). The van der Waals surface area contributed by atoms with Gasteiger partial charge in [-0.2, -0.15) is 0 Å². The Labute approximate surface area is 121 Å². The van der Waals surface area contributed by atoms with Gasteiger partial charge in [0.15, 0.2) is 15.6 Å². The Morgan fingerprint density at radius 3 is 2.43 bits per heavy atom. The molecule has 1 aromatic heterocycles. The van der Waals surface area contributed by atoms with E-state index in [2.05, 4.69) is 0 Å². The lowest BCUT2D eigenvalue weighted by Crippen LogP contribution is -2.42. The average molecular weight is 313 g/mol. The Morgan fingerprint density at radius 2 is 1.95 bits per heavy atom. The molecular weight excluding hydrogens is 298 g/mol. The third-order valence-corrected chi connectivity index (χ3v) is 5.58. The van der Waals surface area contributed by atoms with Crippen molar-refractivity contribution in [2.45, 2.75) is 31.3 Å². The zero-order valence-electron chi connectivity index (χ0n) is 11.2. The predicted molar refractivity (Wildman–Crippen MR) is 71.9 cm³/mol. The van der Waals surface area contributed by atoms with E-state index in [0.29, 0.717) is 6.42 Å². The number of nitrogens with zero attached hydrogens (tertiary/aromatic N) is 1. The van der Waals surface area contributed by atoms with Gasteiger partial charge in [-0.3, -0.25) is 4.79 Å². The smallest absolute Gasteiger partial charge is 0.338 e. The van der Waals surface area contributed by atoms with Crippen LogP contribution >= 0.6 is 0 Å². The van der Waals surface area contributed by atoms with E-state index in [4.69, 9.17) is 9.52 Å². The minimum Gasteiger partial charge on any atom is -0.478 e. The highest BCUT2D eigenvalue weighted by molar-refractivity contribution is 7.91. The molecule has 1 saturated heterocycles. The highest BCUT2D eigenvalue weighted by atomic mass is 32.2. The van der Waals surface area contributed by atoms with E-state index in [0.717, 1.165) is 19.1 Å². The largest absolute Gasteiger partial charge is 0.478 e. The molecule has 1 aromatic rings. The van der Waals surface area contributed by atoms with Crippen molar-refractivity contribution in [2.24, 2.45) is 0 Å². The van der Waals surface area contributed by atoms with Gasteiger partial charge in [0.05, 0.1) is 17.1 Å². The average Bonchev–Trinajstić information content (AvgIpc) is 2.98. The Hall–Kier alpha value is -1.83. The first-order valence-electron chi connectivity index (χ1n) is 6.72. The van der Waals surface area contributed by atoms with Crippen LogP contribution in [0.1, 0.15) is 40.2 Å². The molecule has 0 unspecified atom stereocenters. The van der Waals surface area contributed by atoms with Gasteiger partial charge < -0.3 is 14.4 Å². The van der Waals surface area contributed by atoms with Crippen molar-refractivity contribution < 1.29 is 27.5 Å². The summed E-state index contributed by atoms with van der Waals surface area (Å²) in [7, 11) is -3.09. The maximum atomic E-state index is 12.5. The van der Waals surface area contributed by atoms with Crippen molar-refractivity contribution in [2.75, 3.05) is 11.5 Å². The first-order valence-corrected chi connectivity index (χ1v) is 8.54. The number of hydrogen-bond acceptors (Lipinski definition) is 5. The zero-order valence-corrected chi connectivity index (χ0v) is 12.0. The number of rotatable bonds is 4. The molecule has 1 amide bonds. The van der Waals surface area contributed by atoms with Crippen LogP contribution in [-0.2, 0) is 9.84 Å². The van der Waals surface area contributed by atoms with Crippen LogP contribution in [0.5, 0.6) is 0 Å². The number of carbonyl (C=O) groups excluding carboxylic acids is 1. The molecule has 1 aliphatic carbocycles. The van der Waals surface area contributed by atoms with Crippen LogP contribution < -0.4 is 0 Å². The lowest BCUT2D eigenvalue weighted by molar-refractivity contribution is 0.0646. The van der Waals surface area contributed by atoms with Crippen molar-refractivity contribution in [3.05, 3.63) is 23.7 Å². The number of sulfone groups is 1. The van der Waals surface area contributed by atoms with Gasteiger partial charge in [0.1, 0.15) is 6.26 Å². The van der Waals surface area contributed by atoms with Crippen molar-refractivity contribution >= 4 is 21.7 Å². The van der Waals surface area contributed by atoms with Crippen LogP contribution in [0.3, 0.4) is 0 Å². The topological polar surface area (TPSA) is 105 Å². The Morgan fingerprint density at radius 1 is 1.24 bits per heavy atom. The summed E-state index contributed by atoms with van der Waals surface area (Å²) in [5.74, 6) is -1.58. The summed E-state index contributed by atoms with van der Waals surface area (Å²) in [6.07, 6.45) is 3.13. The summed E-state index contributed by atoms with van der Waals surface area (Å²) in [6, 6.07) is 0.881. The fourth-order valence-electron chi connectivity index (χ4n) is 2.67. The van der Waals surface area contributed by atoms with Gasteiger partial charge in [0.25, 0.3) is 5.91 Å². The van der Waals surface area contributed by atoms with E-state index in [1.54, 1.807) is 4.90 Å². The summed E-state index contributed by atoms with van der Waals surface area (Å²) >= 11 is 0. The number of furan rings is 1. The summed E-state index contributed by atoms with van der Waals surface area (Å²) in [4.78, 5) is 24.9. The van der Waals surface area contributed by atoms with Crippen LogP contribution in [-0.4, -0.2) is 53.9 Å². The van der Waals surface area contributed by atoms with Crippen LogP contribution in [0.25, 0.3) is 0 Å². The summed E-state index contributed by atoms with van der Waals surface area (Å²) < 4.78 is 28.2. The molecule has 1 N–H and O–H groups in total. The van der Waals surface area contributed by atoms with Crippen LogP contribution in [0, 0.1) is 0 Å². The van der Waals surface area contributed by atoms with Gasteiger partial charge in [0.2, 0.25) is 0 Å². The quantitative estimate of drug-likeness (QED) is 0.880. The SMILES string of the molecule is O=C(O)c1coc(C(=O)N(C2CC2)[C@H]2CCS(=O)(=O)C2)c1. The lowest BCUT2D eigenvalue weighted by Gasteiger charge is -2.27. The highest BCUT2D eigenvalue weighted by Crippen LogP contribution is 2.33. The second-order valence-electron chi connectivity index (χ2n) is 5.51. The van der Waals surface area contributed by atoms with E-state index in [9.17, 15) is 18.0 Å². The van der Waals surface area contributed by atoms with Gasteiger partial charge >= 0.3 is 5.97 Å². The molecule has 1 aliphatic heterocycles. The number of carboxylic acids is 1. The molecule has 0 aromatic carbocycles. The maximum Gasteiger partial charge on any atom is 0.338 e. The molecule has 0 radical (unpaired) electrons. The van der Waals surface area contributed by atoms with Gasteiger partial charge in [-0.15, -0.1) is 0 Å². The number of aromatic carboxylic acids is 1. The molecule has 1 saturated carbocycles. The van der Waals surface area contributed by atoms with Crippen molar-refractivity contribution in [3.63, 3.8) is 0 Å². The molecular formula is C13H15NO6S. The van der Waals surface area contributed by atoms with Gasteiger partial charge in [0, 0.05) is 18.2 Å². The van der Waals surface area contributed by atoms with Crippen molar-refractivity contribution in [3.8, 4) is 0 Å². The van der Waals surface area contributed by atoms with E-state index < -0.39 is 21.7 Å². The monoisotopic (exact) mass is 313 g/mol. The molecule has 114 valence electrons. The zero-order chi connectivity index (χ0) is 15.2. The molecule has 0 bridgehead atoms. The van der Waals surface area contributed by atoms with E-state index in [1.165, 1.54) is 6.07 Å². The number of carboxylic acid groups (broad SMARTS) is 1. The van der Waals surface area contributed by atoms with E-state index in [1.807, 2.05) is 0 Å². The molecule has 8 heteroatoms. The highest BCUT2D eigenvalue weighted by Gasteiger charge is 2.43. The van der Waals surface area contributed by atoms with Crippen LogP contribution in [0.4, 0.5) is 0 Å². The second kappa shape index (κ2) is 4.87. The molecule has 21 heavy (non-hydrogen) atoms. The predicted octanol–water partition coefficient (Wildman–Crippen LogP) is 0.770. The number of carbonyl (C=O) groups is 2. The minimum absolute atomic E-state index is 0.0261. The molecule has 1 atom stereocenters. The van der Waals surface area contributed by atoms with Crippen molar-refractivity contribution in [1.82, 2.24) is 4.90 Å². The Balaban J connectivity index is 1.83. The minimum atomic E-state index is -3.09. The summed E-state index contributed by atoms with van der Waals surface area (Å²) in [5, 5.41) is 8.86. The van der Waals surface area contributed by atoms with E-state index in [-0.39, 0.29) is 34.9 Å². The maximum absolute atomic E-state index is 12.5. The lowest BCUT2D eigenvalue weighted by atomic mass is 10.2. The molecule has 2 heterocycles. The van der Waals surface area contributed by atoms with E-state index >= 15 is 0 Å². The first-order chi connectivity index (χ1) is 9.87.